The van der Waals surface area contributed by atoms with Crippen molar-refractivity contribution in [2.45, 2.75) is 13.8 Å². The van der Waals surface area contributed by atoms with Gasteiger partial charge in [-0.3, -0.25) is 4.79 Å². The number of hydrogen-bond donors (Lipinski definition) is 1. The molecule has 0 spiro atoms. The van der Waals surface area contributed by atoms with Crippen molar-refractivity contribution in [1.82, 2.24) is 5.43 Å². The van der Waals surface area contributed by atoms with Gasteiger partial charge in [0.25, 0.3) is 5.91 Å². The van der Waals surface area contributed by atoms with Gasteiger partial charge in [-0.05, 0) is 49.2 Å². The van der Waals surface area contributed by atoms with Crippen molar-refractivity contribution in [2.75, 3.05) is 0 Å². The minimum atomic E-state index is -0.494. The summed E-state index contributed by atoms with van der Waals surface area (Å²) in [6.45, 7) is 3.89. The summed E-state index contributed by atoms with van der Waals surface area (Å²) in [5.74, 6) is -0.853. The fourth-order valence-corrected chi connectivity index (χ4v) is 1.95. The first-order valence-corrected chi connectivity index (χ1v) is 6.71. The number of carbonyl (C=O) groups is 1. The Morgan fingerprint density at radius 2 is 2.00 bits per heavy atom. The summed E-state index contributed by atoms with van der Waals surface area (Å²) < 4.78 is 13.5. The third kappa shape index (κ3) is 3.67. The van der Waals surface area contributed by atoms with Gasteiger partial charge in [-0.2, -0.15) is 5.10 Å². The molecule has 0 bridgehead atoms. The Morgan fingerprint density at radius 3 is 2.67 bits per heavy atom. The van der Waals surface area contributed by atoms with E-state index in [1.165, 1.54) is 18.3 Å². The number of amides is 1. The lowest BCUT2D eigenvalue weighted by molar-refractivity contribution is 0.0955. The van der Waals surface area contributed by atoms with Gasteiger partial charge < -0.3 is 0 Å². The van der Waals surface area contributed by atoms with Crippen molar-refractivity contribution in [3.8, 4) is 0 Å². The number of rotatable bonds is 3. The molecule has 0 aliphatic heterocycles. The number of nitrogens with one attached hydrogen (secondary N) is 1. The SMILES string of the molecule is Cc1ccc(C(=O)NN=Cc2c(F)cccc2Cl)cc1C. The van der Waals surface area contributed by atoms with Crippen LogP contribution in [0.3, 0.4) is 0 Å². The lowest BCUT2D eigenvalue weighted by Crippen LogP contribution is -2.18. The summed E-state index contributed by atoms with van der Waals surface area (Å²) in [7, 11) is 0. The minimum absolute atomic E-state index is 0.138. The number of hydrazone groups is 1. The van der Waals surface area contributed by atoms with E-state index in [1.54, 1.807) is 18.2 Å². The van der Waals surface area contributed by atoms with Crippen LogP contribution in [0, 0.1) is 19.7 Å². The first-order valence-electron chi connectivity index (χ1n) is 6.33. The average Bonchev–Trinajstić information content (AvgIpc) is 2.45. The maximum absolute atomic E-state index is 13.5. The Balaban J connectivity index is 2.10. The van der Waals surface area contributed by atoms with E-state index in [1.807, 2.05) is 19.9 Å². The van der Waals surface area contributed by atoms with Gasteiger partial charge in [-0.1, -0.05) is 23.7 Å². The van der Waals surface area contributed by atoms with Crippen LogP contribution in [-0.2, 0) is 0 Å². The van der Waals surface area contributed by atoms with Crippen LogP contribution in [0.4, 0.5) is 4.39 Å². The molecule has 5 heteroatoms. The average molecular weight is 305 g/mol. The molecule has 3 nitrogen and oxygen atoms in total. The fourth-order valence-electron chi connectivity index (χ4n) is 1.74. The predicted molar refractivity (Wildman–Crippen MR) is 82.4 cm³/mol. The monoisotopic (exact) mass is 304 g/mol. The smallest absolute Gasteiger partial charge is 0.267 e. The fraction of sp³-hybridized carbons (Fsp3) is 0.125. The number of nitrogens with zero attached hydrogens (tertiary/aromatic N) is 1. The molecule has 0 atom stereocenters. The van der Waals surface area contributed by atoms with Crippen LogP contribution < -0.4 is 5.43 Å². The molecular weight excluding hydrogens is 291 g/mol. The summed E-state index contributed by atoms with van der Waals surface area (Å²) in [5, 5.41) is 3.98. The van der Waals surface area contributed by atoms with Gasteiger partial charge in [0.15, 0.2) is 0 Å². The van der Waals surface area contributed by atoms with Gasteiger partial charge >= 0.3 is 0 Å². The van der Waals surface area contributed by atoms with E-state index in [2.05, 4.69) is 10.5 Å². The third-order valence-corrected chi connectivity index (χ3v) is 3.46. The predicted octanol–water partition coefficient (Wildman–Crippen LogP) is 3.86. The number of benzene rings is 2. The van der Waals surface area contributed by atoms with Crippen LogP contribution in [0.15, 0.2) is 41.5 Å². The summed E-state index contributed by atoms with van der Waals surface area (Å²) in [4.78, 5) is 11.9. The van der Waals surface area contributed by atoms with Crippen LogP contribution in [0.2, 0.25) is 5.02 Å². The van der Waals surface area contributed by atoms with Gasteiger partial charge in [0.2, 0.25) is 0 Å². The number of halogens is 2. The molecule has 0 fully saturated rings. The van der Waals surface area contributed by atoms with Crippen molar-refractivity contribution in [2.24, 2.45) is 5.10 Å². The molecule has 108 valence electrons. The molecule has 0 unspecified atom stereocenters. The van der Waals surface area contributed by atoms with Crippen LogP contribution in [-0.4, -0.2) is 12.1 Å². The second-order valence-electron chi connectivity index (χ2n) is 4.63. The molecule has 2 rings (SSSR count). The molecule has 0 aliphatic carbocycles. The molecule has 2 aromatic carbocycles. The Hall–Kier alpha value is -2.20. The maximum atomic E-state index is 13.5. The van der Waals surface area contributed by atoms with E-state index in [9.17, 15) is 9.18 Å². The highest BCUT2D eigenvalue weighted by Gasteiger charge is 2.06. The highest BCUT2D eigenvalue weighted by Crippen LogP contribution is 2.16. The zero-order chi connectivity index (χ0) is 15.4. The first-order chi connectivity index (χ1) is 9.99. The molecule has 1 amide bonds. The quantitative estimate of drug-likeness (QED) is 0.679. The van der Waals surface area contributed by atoms with E-state index in [0.29, 0.717) is 5.56 Å². The Labute approximate surface area is 127 Å². The molecule has 0 saturated heterocycles. The normalized spacial score (nSPS) is 10.9. The van der Waals surface area contributed by atoms with Crippen molar-refractivity contribution in [3.63, 3.8) is 0 Å². The van der Waals surface area contributed by atoms with E-state index in [4.69, 9.17) is 11.6 Å². The standard InChI is InChI=1S/C16H14ClFN2O/c1-10-6-7-12(8-11(10)2)16(21)20-19-9-13-14(17)4-3-5-15(13)18/h3-9H,1-2H3,(H,20,21). The number of carbonyl (C=O) groups excluding carboxylic acids is 1. The third-order valence-electron chi connectivity index (χ3n) is 3.13. The molecule has 0 aromatic heterocycles. The van der Waals surface area contributed by atoms with Gasteiger partial charge in [-0.25, -0.2) is 9.82 Å². The van der Waals surface area contributed by atoms with Crippen molar-refractivity contribution < 1.29 is 9.18 Å². The highest BCUT2D eigenvalue weighted by molar-refractivity contribution is 6.33. The zero-order valence-electron chi connectivity index (χ0n) is 11.7. The lowest BCUT2D eigenvalue weighted by atomic mass is 10.1. The number of aryl methyl sites for hydroxylation is 2. The first kappa shape index (κ1) is 15.2. The van der Waals surface area contributed by atoms with Crippen LogP contribution in [0.25, 0.3) is 0 Å². The van der Waals surface area contributed by atoms with Crippen LogP contribution in [0.1, 0.15) is 27.0 Å². The molecule has 21 heavy (non-hydrogen) atoms. The van der Waals surface area contributed by atoms with Gasteiger partial charge in [0.05, 0.1) is 11.2 Å². The van der Waals surface area contributed by atoms with Gasteiger partial charge in [-0.15, -0.1) is 0 Å². The highest BCUT2D eigenvalue weighted by atomic mass is 35.5. The van der Waals surface area contributed by atoms with E-state index in [0.717, 1.165) is 11.1 Å². The maximum Gasteiger partial charge on any atom is 0.271 e. The molecule has 1 N–H and O–H groups in total. The van der Waals surface area contributed by atoms with Gasteiger partial charge in [0.1, 0.15) is 5.82 Å². The van der Waals surface area contributed by atoms with Crippen LogP contribution in [0.5, 0.6) is 0 Å². The second-order valence-corrected chi connectivity index (χ2v) is 5.04. The second kappa shape index (κ2) is 6.50. The molecule has 0 aliphatic rings. The zero-order valence-corrected chi connectivity index (χ0v) is 12.4. The molecule has 0 radical (unpaired) electrons. The Kier molecular flexibility index (Phi) is 4.70. The largest absolute Gasteiger partial charge is 0.271 e. The lowest BCUT2D eigenvalue weighted by Gasteiger charge is -2.04. The van der Waals surface area contributed by atoms with Crippen molar-refractivity contribution in [1.29, 1.82) is 0 Å². The molecular formula is C16H14ClFN2O. The summed E-state index contributed by atoms with van der Waals surface area (Å²) in [6, 6.07) is 9.68. The van der Waals surface area contributed by atoms with Gasteiger partial charge in [0, 0.05) is 11.1 Å². The topological polar surface area (TPSA) is 41.5 Å². The molecule has 0 saturated carbocycles. The number of hydrogen-bond acceptors (Lipinski definition) is 2. The van der Waals surface area contributed by atoms with Crippen molar-refractivity contribution >= 4 is 23.7 Å². The molecule has 0 heterocycles. The minimum Gasteiger partial charge on any atom is -0.267 e. The van der Waals surface area contributed by atoms with E-state index < -0.39 is 5.82 Å². The summed E-state index contributed by atoms with van der Waals surface area (Å²) in [6.07, 6.45) is 1.19. The molecule has 2 aromatic rings. The van der Waals surface area contributed by atoms with Crippen molar-refractivity contribution in [3.05, 3.63) is 69.5 Å². The summed E-state index contributed by atoms with van der Waals surface area (Å²) >= 11 is 5.86. The van der Waals surface area contributed by atoms with E-state index in [-0.39, 0.29) is 16.5 Å². The summed E-state index contributed by atoms with van der Waals surface area (Å²) in [5.41, 5.74) is 5.11. The Bertz CT molecular complexity index is 693. The van der Waals surface area contributed by atoms with Crippen LogP contribution >= 0.6 is 11.6 Å². The van der Waals surface area contributed by atoms with E-state index >= 15 is 0 Å². The Morgan fingerprint density at radius 1 is 1.24 bits per heavy atom.